The Bertz CT molecular complexity index is 170. The van der Waals surface area contributed by atoms with Crippen LogP contribution in [0.1, 0.15) is 33.1 Å². The lowest BCUT2D eigenvalue weighted by Gasteiger charge is -2.22. The van der Waals surface area contributed by atoms with Gasteiger partial charge in [0.2, 0.25) is 5.91 Å². The molecule has 3 heteroatoms. The SMILES string of the molecule is CCCCN1CCCNC(C)C1=O. The van der Waals surface area contributed by atoms with Crippen molar-refractivity contribution in [3.63, 3.8) is 0 Å². The fraction of sp³-hybridized carbons (Fsp3) is 0.900. The maximum absolute atomic E-state index is 11.7. The molecule has 0 bridgehead atoms. The summed E-state index contributed by atoms with van der Waals surface area (Å²) in [6, 6.07) is 0.0133. The van der Waals surface area contributed by atoms with Gasteiger partial charge in [-0.2, -0.15) is 0 Å². The summed E-state index contributed by atoms with van der Waals surface area (Å²) in [5.41, 5.74) is 0. The van der Waals surface area contributed by atoms with E-state index in [1.807, 2.05) is 11.8 Å². The Hall–Kier alpha value is -0.570. The van der Waals surface area contributed by atoms with Crippen LogP contribution in [0.2, 0.25) is 0 Å². The Kier molecular flexibility index (Phi) is 4.22. The normalized spacial score (nSPS) is 24.6. The summed E-state index contributed by atoms with van der Waals surface area (Å²) in [5, 5.41) is 3.21. The molecule has 0 radical (unpaired) electrons. The first kappa shape index (κ1) is 10.5. The monoisotopic (exact) mass is 184 g/mol. The molecule has 1 aliphatic rings. The highest BCUT2D eigenvalue weighted by Crippen LogP contribution is 2.04. The van der Waals surface area contributed by atoms with Crippen LogP contribution < -0.4 is 5.32 Å². The lowest BCUT2D eigenvalue weighted by molar-refractivity contribution is -0.132. The molecule has 1 fully saturated rings. The average molecular weight is 184 g/mol. The van der Waals surface area contributed by atoms with Crippen molar-refractivity contribution < 1.29 is 4.79 Å². The number of hydrogen-bond acceptors (Lipinski definition) is 2. The fourth-order valence-electron chi connectivity index (χ4n) is 1.63. The predicted octanol–water partition coefficient (Wildman–Crippen LogP) is 0.997. The van der Waals surface area contributed by atoms with Gasteiger partial charge in [-0.05, 0) is 26.3 Å². The van der Waals surface area contributed by atoms with Gasteiger partial charge in [0, 0.05) is 13.1 Å². The van der Waals surface area contributed by atoms with E-state index in [0.29, 0.717) is 0 Å². The van der Waals surface area contributed by atoms with Gasteiger partial charge in [0.1, 0.15) is 0 Å². The summed E-state index contributed by atoms with van der Waals surface area (Å²) in [5.74, 6) is 0.269. The van der Waals surface area contributed by atoms with Crippen molar-refractivity contribution in [2.24, 2.45) is 0 Å². The van der Waals surface area contributed by atoms with Gasteiger partial charge in [-0.1, -0.05) is 13.3 Å². The van der Waals surface area contributed by atoms with Gasteiger partial charge < -0.3 is 10.2 Å². The van der Waals surface area contributed by atoms with Gasteiger partial charge in [0.25, 0.3) is 0 Å². The van der Waals surface area contributed by atoms with Crippen LogP contribution in [0.3, 0.4) is 0 Å². The van der Waals surface area contributed by atoms with Crippen molar-refractivity contribution in [1.29, 1.82) is 0 Å². The van der Waals surface area contributed by atoms with Gasteiger partial charge >= 0.3 is 0 Å². The van der Waals surface area contributed by atoms with E-state index in [2.05, 4.69) is 12.2 Å². The van der Waals surface area contributed by atoms with Crippen molar-refractivity contribution >= 4 is 5.91 Å². The summed E-state index contributed by atoms with van der Waals surface area (Å²) in [6.07, 6.45) is 3.36. The minimum absolute atomic E-state index is 0.0133. The molecular formula is C10H20N2O. The first-order valence-corrected chi connectivity index (χ1v) is 5.28. The van der Waals surface area contributed by atoms with E-state index < -0.39 is 0 Å². The van der Waals surface area contributed by atoms with E-state index in [0.717, 1.165) is 38.9 Å². The van der Waals surface area contributed by atoms with Crippen molar-refractivity contribution in [2.45, 2.75) is 39.2 Å². The fourth-order valence-corrected chi connectivity index (χ4v) is 1.63. The quantitative estimate of drug-likeness (QED) is 0.709. The van der Waals surface area contributed by atoms with Crippen molar-refractivity contribution in [3.05, 3.63) is 0 Å². The highest BCUT2D eigenvalue weighted by atomic mass is 16.2. The Labute approximate surface area is 80.5 Å². The summed E-state index contributed by atoms with van der Waals surface area (Å²) < 4.78 is 0. The van der Waals surface area contributed by atoms with Crippen LogP contribution in [-0.2, 0) is 4.79 Å². The van der Waals surface area contributed by atoms with Gasteiger partial charge in [-0.3, -0.25) is 4.79 Å². The van der Waals surface area contributed by atoms with Crippen LogP contribution in [0.4, 0.5) is 0 Å². The number of nitrogens with zero attached hydrogens (tertiary/aromatic N) is 1. The molecular weight excluding hydrogens is 164 g/mol. The van der Waals surface area contributed by atoms with Crippen LogP contribution in [-0.4, -0.2) is 36.5 Å². The summed E-state index contributed by atoms with van der Waals surface area (Å²) in [4.78, 5) is 13.7. The number of rotatable bonds is 3. The van der Waals surface area contributed by atoms with Crippen LogP contribution in [0.15, 0.2) is 0 Å². The molecule has 76 valence electrons. The zero-order valence-electron chi connectivity index (χ0n) is 8.68. The zero-order valence-corrected chi connectivity index (χ0v) is 8.68. The lowest BCUT2D eigenvalue weighted by Crippen LogP contribution is -2.41. The molecule has 1 rings (SSSR count). The van der Waals surface area contributed by atoms with Gasteiger partial charge in [-0.15, -0.1) is 0 Å². The molecule has 3 nitrogen and oxygen atoms in total. The molecule has 1 heterocycles. The van der Waals surface area contributed by atoms with E-state index >= 15 is 0 Å². The van der Waals surface area contributed by atoms with E-state index in [1.165, 1.54) is 0 Å². The summed E-state index contributed by atoms with van der Waals surface area (Å²) >= 11 is 0. The van der Waals surface area contributed by atoms with Crippen molar-refractivity contribution in [2.75, 3.05) is 19.6 Å². The standard InChI is InChI=1S/C10H20N2O/c1-3-4-7-12-8-5-6-11-9(2)10(12)13/h9,11H,3-8H2,1-2H3. The molecule has 0 aliphatic carbocycles. The molecule has 1 saturated heterocycles. The van der Waals surface area contributed by atoms with Crippen LogP contribution in [0.5, 0.6) is 0 Å². The second-order valence-corrected chi connectivity index (χ2v) is 3.71. The highest BCUT2D eigenvalue weighted by molar-refractivity contribution is 5.81. The molecule has 0 aromatic carbocycles. The van der Waals surface area contributed by atoms with Gasteiger partial charge in [0.15, 0.2) is 0 Å². The summed E-state index contributed by atoms with van der Waals surface area (Å²) in [6.45, 7) is 6.93. The molecule has 0 spiro atoms. The first-order valence-electron chi connectivity index (χ1n) is 5.28. The Balaban J connectivity index is 2.44. The second kappa shape index (κ2) is 5.22. The molecule has 0 aromatic rings. The van der Waals surface area contributed by atoms with E-state index in [9.17, 15) is 4.79 Å². The average Bonchev–Trinajstić information content (AvgIpc) is 2.28. The first-order chi connectivity index (χ1) is 6.25. The molecule has 13 heavy (non-hydrogen) atoms. The van der Waals surface area contributed by atoms with Crippen molar-refractivity contribution in [1.82, 2.24) is 10.2 Å². The number of carbonyl (C=O) groups is 1. The summed E-state index contributed by atoms with van der Waals surface area (Å²) in [7, 11) is 0. The largest absolute Gasteiger partial charge is 0.341 e. The van der Waals surface area contributed by atoms with Gasteiger partial charge in [0.05, 0.1) is 6.04 Å². The molecule has 0 aromatic heterocycles. The second-order valence-electron chi connectivity index (χ2n) is 3.71. The third-order valence-corrected chi connectivity index (χ3v) is 2.52. The molecule has 1 N–H and O–H groups in total. The van der Waals surface area contributed by atoms with E-state index in [4.69, 9.17) is 0 Å². The highest BCUT2D eigenvalue weighted by Gasteiger charge is 2.21. The number of nitrogens with one attached hydrogen (secondary N) is 1. The Morgan fingerprint density at radius 2 is 2.38 bits per heavy atom. The van der Waals surface area contributed by atoms with E-state index in [1.54, 1.807) is 0 Å². The lowest BCUT2D eigenvalue weighted by atomic mass is 10.2. The van der Waals surface area contributed by atoms with Crippen LogP contribution >= 0.6 is 0 Å². The minimum Gasteiger partial charge on any atom is -0.341 e. The smallest absolute Gasteiger partial charge is 0.239 e. The third-order valence-electron chi connectivity index (χ3n) is 2.52. The Morgan fingerprint density at radius 1 is 1.62 bits per heavy atom. The van der Waals surface area contributed by atoms with Crippen LogP contribution in [0.25, 0.3) is 0 Å². The number of hydrogen-bond donors (Lipinski definition) is 1. The van der Waals surface area contributed by atoms with Gasteiger partial charge in [-0.25, -0.2) is 0 Å². The maximum Gasteiger partial charge on any atom is 0.239 e. The number of unbranched alkanes of at least 4 members (excludes halogenated alkanes) is 1. The van der Waals surface area contributed by atoms with E-state index in [-0.39, 0.29) is 11.9 Å². The van der Waals surface area contributed by atoms with Crippen molar-refractivity contribution in [3.8, 4) is 0 Å². The third kappa shape index (κ3) is 2.99. The number of amides is 1. The number of carbonyl (C=O) groups excluding carboxylic acids is 1. The molecule has 1 amide bonds. The molecule has 1 aliphatic heterocycles. The molecule has 0 saturated carbocycles. The predicted molar refractivity (Wildman–Crippen MR) is 53.6 cm³/mol. The molecule has 1 atom stereocenters. The topological polar surface area (TPSA) is 32.3 Å². The minimum atomic E-state index is 0.0133. The zero-order chi connectivity index (χ0) is 9.68. The Morgan fingerprint density at radius 3 is 3.08 bits per heavy atom. The van der Waals surface area contributed by atoms with Crippen LogP contribution in [0, 0.1) is 0 Å². The maximum atomic E-state index is 11.7. The molecule has 1 unspecified atom stereocenters.